The molecule has 1 aromatic heterocycles. The topological polar surface area (TPSA) is 125 Å². The first kappa shape index (κ1) is 31.0. The minimum atomic E-state index is -0.492. The van der Waals surface area contributed by atoms with Crippen LogP contribution in [0.1, 0.15) is 34.8 Å². The van der Waals surface area contributed by atoms with Crippen molar-refractivity contribution in [1.29, 1.82) is 0 Å². The van der Waals surface area contributed by atoms with Crippen molar-refractivity contribution in [2.75, 3.05) is 40.0 Å². The maximum Gasteiger partial charge on any atom is 0.320 e. The Morgan fingerprint density at radius 1 is 1.00 bits per heavy atom. The first-order chi connectivity index (χ1) is 21.5. The lowest BCUT2D eigenvalue weighted by molar-refractivity contribution is -0.143. The second-order valence-corrected chi connectivity index (χ2v) is 10.5. The zero-order chi connectivity index (χ0) is 30.9. The normalized spacial score (nSPS) is 13.8. The largest absolute Gasteiger partial charge is 0.492 e. The Labute approximate surface area is 257 Å². The van der Waals surface area contributed by atoms with Crippen LogP contribution in [0.15, 0.2) is 72.8 Å². The number of aliphatic hydroxyl groups excluding tert-OH is 1. The average Bonchev–Trinajstić information content (AvgIpc) is 3.47. The van der Waals surface area contributed by atoms with E-state index < -0.39 is 5.97 Å². The van der Waals surface area contributed by atoms with Crippen molar-refractivity contribution < 1.29 is 28.8 Å². The summed E-state index contributed by atoms with van der Waals surface area (Å²) in [6.45, 7) is 3.93. The number of nitrogens with two attached hydrogens (primary N) is 1. The molecule has 9 nitrogen and oxygen atoms in total. The third kappa shape index (κ3) is 7.19. The van der Waals surface area contributed by atoms with Crippen LogP contribution in [-0.2, 0) is 22.6 Å². The predicted molar refractivity (Wildman–Crippen MR) is 169 cm³/mol. The number of esters is 1. The summed E-state index contributed by atoms with van der Waals surface area (Å²) in [4.78, 5) is 16.0. The van der Waals surface area contributed by atoms with Gasteiger partial charge in [-0.1, -0.05) is 48.5 Å². The second-order valence-electron chi connectivity index (χ2n) is 10.5. The SMILES string of the molecule is COc1nc(O[C@H]2CCc3c(-c4cccc(-c5ccc(OCCNCCO)cc5)c4C)cccc32)ccc1COC(=O)CN. The number of fused-ring (bicyclic) bond motifs is 1. The Bertz CT molecular complexity index is 1570. The van der Waals surface area contributed by atoms with Gasteiger partial charge in [0.2, 0.25) is 11.8 Å². The van der Waals surface area contributed by atoms with E-state index in [0.717, 1.165) is 29.7 Å². The maximum absolute atomic E-state index is 11.5. The quantitative estimate of drug-likeness (QED) is 0.139. The average molecular weight is 598 g/mol. The van der Waals surface area contributed by atoms with Crippen molar-refractivity contribution in [2.24, 2.45) is 5.73 Å². The fraction of sp³-hybridized carbons (Fsp3) is 0.314. The number of rotatable bonds is 14. The monoisotopic (exact) mass is 597 g/mol. The van der Waals surface area contributed by atoms with Crippen molar-refractivity contribution in [3.05, 3.63) is 95.1 Å². The van der Waals surface area contributed by atoms with Gasteiger partial charge in [-0.15, -0.1) is 0 Å². The van der Waals surface area contributed by atoms with E-state index in [9.17, 15) is 4.79 Å². The molecule has 3 aromatic carbocycles. The standard InChI is InChI=1S/C35H39N3O6/c1-23-27(24-9-12-26(13-10-24)42-20-18-37-17-19-39)5-3-6-28(23)29-7-4-8-31-30(29)14-15-32(31)44-33-16-11-25(35(38-33)41-2)22-43-34(40)21-36/h3-13,16,32,37,39H,14-15,17-22,36H2,1-2H3/t32-/m0/s1. The number of carbonyl (C=O) groups is 1. The van der Waals surface area contributed by atoms with E-state index in [1.807, 2.05) is 12.1 Å². The molecule has 0 spiro atoms. The van der Waals surface area contributed by atoms with Crippen LogP contribution in [-0.4, -0.2) is 56.0 Å². The molecule has 4 aromatic rings. The summed E-state index contributed by atoms with van der Waals surface area (Å²) in [5.74, 6) is 1.12. The molecule has 44 heavy (non-hydrogen) atoms. The molecule has 230 valence electrons. The van der Waals surface area contributed by atoms with E-state index >= 15 is 0 Å². The van der Waals surface area contributed by atoms with Gasteiger partial charge in [0.15, 0.2) is 0 Å². The molecular weight excluding hydrogens is 558 g/mol. The molecule has 1 heterocycles. The van der Waals surface area contributed by atoms with E-state index in [2.05, 4.69) is 65.8 Å². The minimum Gasteiger partial charge on any atom is -0.492 e. The van der Waals surface area contributed by atoms with E-state index in [4.69, 9.17) is 29.8 Å². The summed E-state index contributed by atoms with van der Waals surface area (Å²) < 4.78 is 22.8. The van der Waals surface area contributed by atoms with Crippen LogP contribution in [0.25, 0.3) is 22.3 Å². The van der Waals surface area contributed by atoms with Crippen molar-refractivity contribution in [1.82, 2.24) is 10.3 Å². The van der Waals surface area contributed by atoms with Gasteiger partial charge in [-0.2, -0.15) is 4.98 Å². The lowest BCUT2D eigenvalue weighted by Gasteiger charge is -2.18. The van der Waals surface area contributed by atoms with E-state index in [0.29, 0.717) is 37.0 Å². The molecule has 0 fully saturated rings. The minimum absolute atomic E-state index is 0.0300. The Kier molecular flexibility index (Phi) is 10.5. The fourth-order valence-corrected chi connectivity index (χ4v) is 5.57. The lowest BCUT2D eigenvalue weighted by Crippen LogP contribution is -2.23. The van der Waals surface area contributed by atoms with Crippen LogP contribution in [0.2, 0.25) is 0 Å². The zero-order valence-electron chi connectivity index (χ0n) is 25.2. The first-order valence-electron chi connectivity index (χ1n) is 14.8. The highest BCUT2D eigenvalue weighted by molar-refractivity contribution is 5.80. The Morgan fingerprint density at radius 3 is 2.55 bits per heavy atom. The number of hydrogen-bond donors (Lipinski definition) is 3. The first-order valence-corrected chi connectivity index (χ1v) is 14.8. The molecule has 0 unspecified atom stereocenters. The van der Waals surface area contributed by atoms with Crippen molar-refractivity contribution in [2.45, 2.75) is 32.5 Å². The molecule has 0 saturated carbocycles. The van der Waals surface area contributed by atoms with Gasteiger partial charge in [0.1, 0.15) is 25.1 Å². The molecule has 0 bridgehead atoms. The van der Waals surface area contributed by atoms with Gasteiger partial charge in [-0.3, -0.25) is 4.79 Å². The smallest absolute Gasteiger partial charge is 0.320 e. The highest BCUT2D eigenvalue weighted by Crippen LogP contribution is 2.42. The number of aliphatic hydroxyl groups is 1. The molecular formula is C35H39N3O6. The van der Waals surface area contributed by atoms with Crippen LogP contribution >= 0.6 is 0 Å². The van der Waals surface area contributed by atoms with Crippen LogP contribution in [0, 0.1) is 6.92 Å². The molecule has 9 heteroatoms. The highest BCUT2D eigenvalue weighted by atomic mass is 16.5. The molecule has 1 aliphatic rings. The predicted octanol–water partition coefficient (Wildman–Crippen LogP) is 4.76. The van der Waals surface area contributed by atoms with Crippen LogP contribution < -0.4 is 25.3 Å². The van der Waals surface area contributed by atoms with Gasteiger partial charge < -0.3 is 35.1 Å². The Hall–Kier alpha value is -4.44. The van der Waals surface area contributed by atoms with Crippen LogP contribution in [0.4, 0.5) is 0 Å². The van der Waals surface area contributed by atoms with Gasteiger partial charge in [-0.25, -0.2) is 0 Å². The van der Waals surface area contributed by atoms with E-state index in [1.165, 1.54) is 34.9 Å². The fourth-order valence-electron chi connectivity index (χ4n) is 5.57. The summed E-state index contributed by atoms with van der Waals surface area (Å²) in [6.07, 6.45) is 1.59. The van der Waals surface area contributed by atoms with Crippen LogP contribution in [0.3, 0.4) is 0 Å². The Balaban J connectivity index is 1.32. The number of benzene rings is 3. The summed E-state index contributed by atoms with van der Waals surface area (Å²) >= 11 is 0. The molecule has 4 N–H and O–H groups in total. The van der Waals surface area contributed by atoms with Gasteiger partial charge in [0, 0.05) is 19.2 Å². The van der Waals surface area contributed by atoms with Crippen molar-refractivity contribution in [3.8, 4) is 39.8 Å². The third-order valence-corrected chi connectivity index (χ3v) is 7.77. The van der Waals surface area contributed by atoms with Crippen LogP contribution in [0.5, 0.6) is 17.5 Å². The second kappa shape index (κ2) is 14.8. The number of nitrogens with one attached hydrogen (secondary N) is 1. The van der Waals surface area contributed by atoms with E-state index in [-0.39, 0.29) is 25.9 Å². The molecule has 0 radical (unpaired) electrons. The Morgan fingerprint density at radius 2 is 1.77 bits per heavy atom. The van der Waals surface area contributed by atoms with E-state index in [1.54, 1.807) is 12.1 Å². The van der Waals surface area contributed by atoms with Gasteiger partial charge >= 0.3 is 5.97 Å². The molecule has 1 atom stereocenters. The number of pyridine rings is 1. The summed E-state index contributed by atoms with van der Waals surface area (Å²) in [5.41, 5.74) is 14.3. The van der Waals surface area contributed by atoms with Crippen molar-refractivity contribution in [3.63, 3.8) is 0 Å². The molecule has 5 rings (SSSR count). The lowest BCUT2D eigenvalue weighted by atomic mass is 9.89. The summed E-state index contributed by atoms with van der Waals surface area (Å²) in [7, 11) is 1.52. The third-order valence-electron chi connectivity index (χ3n) is 7.77. The number of carbonyl (C=O) groups excluding carboxylic acids is 1. The number of ether oxygens (including phenoxy) is 4. The molecule has 1 aliphatic carbocycles. The maximum atomic E-state index is 11.5. The summed E-state index contributed by atoms with van der Waals surface area (Å²) in [6, 6.07) is 24.6. The highest BCUT2D eigenvalue weighted by Gasteiger charge is 2.28. The zero-order valence-corrected chi connectivity index (χ0v) is 25.2. The molecule has 0 aliphatic heterocycles. The van der Waals surface area contributed by atoms with Gasteiger partial charge in [0.05, 0.1) is 25.8 Å². The van der Waals surface area contributed by atoms with Crippen molar-refractivity contribution >= 4 is 5.97 Å². The van der Waals surface area contributed by atoms with Gasteiger partial charge in [0.25, 0.3) is 0 Å². The molecule has 0 saturated heterocycles. The number of hydrogen-bond acceptors (Lipinski definition) is 9. The number of aromatic nitrogens is 1. The number of nitrogens with zero attached hydrogens (tertiary/aromatic N) is 1. The van der Waals surface area contributed by atoms with Gasteiger partial charge in [-0.05, 0) is 76.9 Å². The molecule has 0 amide bonds. The summed E-state index contributed by atoms with van der Waals surface area (Å²) in [5, 5.41) is 12.0. The number of methoxy groups -OCH3 is 1.